The molecule has 5 rings (SSSR count). The first kappa shape index (κ1) is 17.1. The molecule has 2 aliphatic heterocycles. The van der Waals surface area contributed by atoms with Gasteiger partial charge in [0.25, 0.3) is 0 Å². The van der Waals surface area contributed by atoms with Crippen molar-refractivity contribution < 1.29 is 9.26 Å². The third-order valence-electron chi connectivity index (χ3n) is 5.30. The van der Waals surface area contributed by atoms with Crippen LogP contribution in [0.4, 0.5) is 5.82 Å². The molecule has 0 N–H and O–H groups in total. The Morgan fingerprint density at radius 1 is 1.14 bits per heavy atom. The third kappa shape index (κ3) is 2.79. The van der Waals surface area contributed by atoms with Crippen LogP contribution in [0.5, 0.6) is 0 Å². The van der Waals surface area contributed by atoms with Gasteiger partial charge in [0.05, 0.1) is 36.7 Å². The molecule has 0 aliphatic carbocycles. The van der Waals surface area contributed by atoms with Crippen LogP contribution in [-0.2, 0) is 4.74 Å². The molecule has 1 saturated heterocycles. The second-order valence-electron chi connectivity index (χ2n) is 7.06. The Morgan fingerprint density at radius 2 is 2.00 bits per heavy atom. The highest BCUT2D eigenvalue weighted by molar-refractivity contribution is 6.03. The number of nitrogens with zero attached hydrogens (tertiary/aromatic N) is 5. The van der Waals surface area contributed by atoms with Gasteiger partial charge in [0.15, 0.2) is 0 Å². The molecule has 0 atom stereocenters. The molecule has 7 heteroatoms. The molecule has 0 amide bonds. The van der Waals surface area contributed by atoms with Gasteiger partial charge < -0.3 is 14.2 Å². The number of pyridine rings is 2. The Morgan fingerprint density at radius 3 is 2.71 bits per heavy atom. The second kappa shape index (κ2) is 6.83. The van der Waals surface area contributed by atoms with E-state index in [1.807, 2.05) is 38.4 Å². The lowest BCUT2D eigenvalue weighted by Gasteiger charge is -2.28. The number of aliphatic imine (C=N–C) groups is 1. The smallest absolute Gasteiger partial charge is 0.141 e. The molecule has 0 saturated carbocycles. The first-order chi connectivity index (χ1) is 13.7. The topological polar surface area (TPSA) is 76.6 Å². The number of anilines is 1. The zero-order valence-corrected chi connectivity index (χ0v) is 16.0. The van der Waals surface area contributed by atoms with Crippen LogP contribution < -0.4 is 4.90 Å². The van der Waals surface area contributed by atoms with Crippen LogP contribution in [0, 0.1) is 13.8 Å². The summed E-state index contributed by atoms with van der Waals surface area (Å²) in [7, 11) is 0. The van der Waals surface area contributed by atoms with Crippen molar-refractivity contribution in [3.05, 3.63) is 41.6 Å². The van der Waals surface area contributed by atoms with Crippen LogP contribution in [0.25, 0.3) is 27.6 Å². The SMILES string of the molecule is Cc1noc(C)c1-c1cc(N2CCOCC2)nc2c(C3=CC=NC3)nccc12. The predicted octanol–water partition coefficient (Wildman–Crippen LogP) is 3.21. The molecule has 0 bridgehead atoms. The highest BCUT2D eigenvalue weighted by Gasteiger charge is 2.22. The Labute approximate surface area is 162 Å². The molecule has 5 heterocycles. The summed E-state index contributed by atoms with van der Waals surface area (Å²) in [6, 6.07) is 4.16. The molecular weight excluding hydrogens is 354 g/mol. The van der Waals surface area contributed by atoms with Crippen molar-refractivity contribution in [1.29, 1.82) is 0 Å². The Hall–Kier alpha value is -3.06. The molecular formula is C21H21N5O2. The van der Waals surface area contributed by atoms with Gasteiger partial charge in [-0.25, -0.2) is 4.98 Å². The largest absolute Gasteiger partial charge is 0.378 e. The summed E-state index contributed by atoms with van der Waals surface area (Å²) in [6.07, 6.45) is 5.69. The minimum absolute atomic E-state index is 0.635. The van der Waals surface area contributed by atoms with Gasteiger partial charge in [-0.2, -0.15) is 0 Å². The van der Waals surface area contributed by atoms with E-state index in [1.54, 1.807) is 0 Å². The van der Waals surface area contributed by atoms with Crippen molar-refractivity contribution in [3.63, 3.8) is 0 Å². The molecule has 0 spiro atoms. The summed E-state index contributed by atoms with van der Waals surface area (Å²) < 4.78 is 11.0. The normalized spacial score (nSPS) is 16.8. The van der Waals surface area contributed by atoms with E-state index in [-0.39, 0.29) is 0 Å². The van der Waals surface area contributed by atoms with E-state index in [9.17, 15) is 0 Å². The summed E-state index contributed by atoms with van der Waals surface area (Å²) in [5, 5.41) is 5.21. The fourth-order valence-corrected chi connectivity index (χ4v) is 3.90. The summed E-state index contributed by atoms with van der Waals surface area (Å²) in [6.45, 7) is 7.62. The van der Waals surface area contributed by atoms with Crippen LogP contribution in [0.1, 0.15) is 17.1 Å². The first-order valence-corrected chi connectivity index (χ1v) is 9.47. The quantitative estimate of drug-likeness (QED) is 0.700. The third-order valence-corrected chi connectivity index (χ3v) is 5.30. The van der Waals surface area contributed by atoms with Crippen molar-refractivity contribution in [2.75, 3.05) is 37.7 Å². The molecule has 1 fully saturated rings. The average molecular weight is 375 g/mol. The van der Waals surface area contributed by atoms with Crippen molar-refractivity contribution in [1.82, 2.24) is 15.1 Å². The van der Waals surface area contributed by atoms with E-state index in [2.05, 4.69) is 26.1 Å². The number of hydrogen-bond acceptors (Lipinski definition) is 7. The molecule has 0 aromatic carbocycles. The minimum Gasteiger partial charge on any atom is -0.378 e. The van der Waals surface area contributed by atoms with Gasteiger partial charge in [-0.3, -0.25) is 9.98 Å². The van der Waals surface area contributed by atoms with Crippen LogP contribution in [0.3, 0.4) is 0 Å². The number of fused-ring (bicyclic) bond motifs is 1. The van der Waals surface area contributed by atoms with Crippen molar-refractivity contribution in [2.45, 2.75) is 13.8 Å². The Bertz CT molecular complexity index is 1090. The second-order valence-corrected chi connectivity index (χ2v) is 7.06. The fourth-order valence-electron chi connectivity index (χ4n) is 3.90. The monoisotopic (exact) mass is 375 g/mol. The van der Waals surface area contributed by atoms with E-state index in [4.69, 9.17) is 14.2 Å². The van der Waals surface area contributed by atoms with E-state index in [0.717, 1.165) is 63.7 Å². The molecule has 0 unspecified atom stereocenters. The average Bonchev–Trinajstić information content (AvgIpc) is 3.37. The van der Waals surface area contributed by atoms with E-state index in [1.165, 1.54) is 0 Å². The molecule has 7 nitrogen and oxygen atoms in total. The van der Waals surface area contributed by atoms with E-state index in [0.29, 0.717) is 19.8 Å². The van der Waals surface area contributed by atoms with Gasteiger partial charge in [-0.1, -0.05) is 5.16 Å². The number of aromatic nitrogens is 3. The Balaban J connectivity index is 1.78. The van der Waals surface area contributed by atoms with Gasteiger partial charge in [-0.15, -0.1) is 0 Å². The molecule has 28 heavy (non-hydrogen) atoms. The summed E-state index contributed by atoms with van der Waals surface area (Å²) in [5.74, 6) is 1.74. The van der Waals surface area contributed by atoms with Crippen molar-refractivity contribution in [3.8, 4) is 11.1 Å². The van der Waals surface area contributed by atoms with Gasteiger partial charge >= 0.3 is 0 Å². The van der Waals surface area contributed by atoms with Crippen LogP contribution in [0.15, 0.2) is 33.9 Å². The predicted molar refractivity (Wildman–Crippen MR) is 109 cm³/mol. The maximum atomic E-state index is 5.52. The maximum absolute atomic E-state index is 5.52. The lowest BCUT2D eigenvalue weighted by Crippen LogP contribution is -2.36. The highest BCUT2D eigenvalue weighted by Crippen LogP contribution is 2.37. The number of rotatable bonds is 3. The van der Waals surface area contributed by atoms with Crippen molar-refractivity contribution >= 4 is 28.5 Å². The summed E-state index contributed by atoms with van der Waals surface area (Å²) in [4.78, 5) is 16.3. The van der Waals surface area contributed by atoms with Gasteiger partial charge in [0.2, 0.25) is 0 Å². The standard InChI is InChI=1S/C21H21N5O2/c1-13-19(14(2)28-25-13)17-11-18(26-7-9-27-10-8-26)24-21-16(17)4-6-23-20(21)15-3-5-22-12-15/h3-6,11H,7-10,12H2,1-2H3. The lowest BCUT2D eigenvalue weighted by molar-refractivity contribution is 0.122. The van der Waals surface area contributed by atoms with Gasteiger partial charge in [0.1, 0.15) is 11.6 Å². The van der Waals surface area contributed by atoms with E-state index < -0.39 is 0 Å². The number of hydrogen-bond donors (Lipinski definition) is 0. The van der Waals surface area contributed by atoms with Crippen LogP contribution in [0.2, 0.25) is 0 Å². The molecule has 3 aromatic heterocycles. The highest BCUT2D eigenvalue weighted by atomic mass is 16.5. The summed E-state index contributed by atoms with van der Waals surface area (Å²) in [5.41, 5.74) is 5.83. The Kier molecular flexibility index (Phi) is 4.16. The van der Waals surface area contributed by atoms with Gasteiger partial charge in [-0.05, 0) is 32.1 Å². The molecule has 142 valence electrons. The molecule has 3 aromatic rings. The zero-order valence-electron chi connectivity index (χ0n) is 16.0. The number of aryl methyl sites for hydroxylation is 2. The minimum atomic E-state index is 0.635. The number of morpholine rings is 1. The van der Waals surface area contributed by atoms with Crippen molar-refractivity contribution in [2.24, 2.45) is 4.99 Å². The number of ether oxygens (including phenoxy) is 1. The molecule has 0 radical (unpaired) electrons. The zero-order chi connectivity index (χ0) is 19.1. The van der Waals surface area contributed by atoms with Crippen LogP contribution in [-0.4, -0.2) is 54.2 Å². The first-order valence-electron chi connectivity index (χ1n) is 9.47. The number of allylic oxidation sites excluding steroid dienone is 1. The van der Waals surface area contributed by atoms with E-state index >= 15 is 0 Å². The maximum Gasteiger partial charge on any atom is 0.141 e. The summed E-state index contributed by atoms with van der Waals surface area (Å²) >= 11 is 0. The lowest BCUT2D eigenvalue weighted by atomic mass is 9.98. The molecule has 2 aliphatic rings. The van der Waals surface area contributed by atoms with Gasteiger partial charge in [0, 0.05) is 47.6 Å². The van der Waals surface area contributed by atoms with Crippen LogP contribution >= 0.6 is 0 Å². The fraction of sp³-hybridized carbons (Fsp3) is 0.333.